The molecule has 8 nitrogen and oxygen atoms in total. The number of carbonyl (C=O) groups is 3. The predicted octanol–water partition coefficient (Wildman–Crippen LogP) is 3.80. The van der Waals surface area contributed by atoms with Gasteiger partial charge in [-0.2, -0.15) is 5.10 Å². The number of likely N-dealkylation sites (N-methyl/N-ethyl adjacent to an activating group) is 1. The van der Waals surface area contributed by atoms with E-state index in [0.29, 0.717) is 12.0 Å². The number of ether oxygens (including phenoxy) is 2. The summed E-state index contributed by atoms with van der Waals surface area (Å²) in [6.45, 7) is 5.39. The third-order valence-electron chi connectivity index (χ3n) is 5.70. The molecule has 0 radical (unpaired) electrons. The molecule has 2 aromatic carbocycles. The van der Waals surface area contributed by atoms with Crippen LogP contribution < -0.4 is 4.90 Å². The number of hydrogen-bond donors (Lipinski definition) is 0. The number of para-hydroxylation sites is 1. The van der Waals surface area contributed by atoms with Crippen molar-refractivity contribution in [2.75, 3.05) is 19.1 Å². The molecule has 0 fully saturated rings. The summed E-state index contributed by atoms with van der Waals surface area (Å²) < 4.78 is 11.9. The molecule has 1 unspecified atom stereocenters. The van der Waals surface area contributed by atoms with Crippen LogP contribution in [0.25, 0.3) is 5.69 Å². The quantitative estimate of drug-likeness (QED) is 0.472. The zero-order valence-electron chi connectivity index (χ0n) is 20.1. The Kier molecular flexibility index (Phi) is 7.83. The fourth-order valence-corrected chi connectivity index (χ4v) is 3.69. The highest BCUT2D eigenvalue weighted by Gasteiger charge is 2.23. The number of anilines is 1. The van der Waals surface area contributed by atoms with Gasteiger partial charge in [-0.1, -0.05) is 18.2 Å². The van der Waals surface area contributed by atoms with Crippen molar-refractivity contribution in [3.8, 4) is 5.69 Å². The topological polar surface area (TPSA) is 90.7 Å². The van der Waals surface area contributed by atoms with Crippen molar-refractivity contribution in [2.45, 2.75) is 39.7 Å². The Morgan fingerprint density at radius 3 is 2.29 bits per heavy atom. The lowest BCUT2D eigenvalue weighted by atomic mass is 10.1. The molecule has 1 amide bonds. The first-order valence-corrected chi connectivity index (χ1v) is 11.0. The molecule has 34 heavy (non-hydrogen) atoms. The SMILES string of the molecule is COC(=O)CCc1c(C)nn(-c2ccc(C(=O)OC(C)C(=O)N(C)c3ccccc3)cc2)c1C. The molecule has 178 valence electrons. The zero-order chi connectivity index (χ0) is 24.8. The first kappa shape index (κ1) is 24.7. The van der Waals surface area contributed by atoms with Crippen LogP contribution in [0.1, 0.15) is 40.7 Å². The van der Waals surface area contributed by atoms with Gasteiger partial charge < -0.3 is 14.4 Å². The molecule has 1 heterocycles. The van der Waals surface area contributed by atoms with Crippen LogP contribution in [-0.2, 0) is 25.5 Å². The van der Waals surface area contributed by atoms with Gasteiger partial charge >= 0.3 is 11.9 Å². The largest absolute Gasteiger partial charge is 0.469 e. The van der Waals surface area contributed by atoms with Gasteiger partial charge in [-0.05, 0) is 69.2 Å². The summed E-state index contributed by atoms with van der Waals surface area (Å²) in [5.41, 5.74) is 4.56. The van der Waals surface area contributed by atoms with E-state index in [4.69, 9.17) is 9.47 Å². The molecule has 1 atom stereocenters. The third kappa shape index (κ3) is 5.51. The maximum Gasteiger partial charge on any atom is 0.338 e. The van der Waals surface area contributed by atoms with Crippen molar-refractivity contribution >= 4 is 23.5 Å². The smallest absolute Gasteiger partial charge is 0.338 e. The third-order valence-corrected chi connectivity index (χ3v) is 5.70. The number of aryl methyl sites for hydroxylation is 1. The van der Waals surface area contributed by atoms with Crippen molar-refractivity contribution in [3.05, 3.63) is 77.1 Å². The number of hydrogen-bond acceptors (Lipinski definition) is 6. The summed E-state index contributed by atoms with van der Waals surface area (Å²) in [6.07, 6.45) is -0.117. The molecule has 0 saturated carbocycles. The number of methoxy groups -OCH3 is 1. The highest BCUT2D eigenvalue weighted by molar-refractivity contribution is 5.98. The number of benzene rings is 2. The van der Waals surface area contributed by atoms with Gasteiger partial charge in [0.1, 0.15) is 0 Å². The van der Waals surface area contributed by atoms with Crippen molar-refractivity contribution < 1.29 is 23.9 Å². The highest BCUT2D eigenvalue weighted by Crippen LogP contribution is 2.21. The second kappa shape index (κ2) is 10.8. The van der Waals surface area contributed by atoms with Crippen LogP contribution in [0, 0.1) is 13.8 Å². The Bertz CT molecular complexity index is 1170. The van der Waals surface area contributed by atoms with Crippen LogP contribution in [-0.4, -0.2) is 47.9 Å². The number of rotatable bonds is 8. The number of nitrogens with zero attached hydrogens (tertiary/aromatic N) is 3. The van der Waals surface area contributed by atoms with Gasteiger partial charge in [0.05, 0.1) is 24.1 Å². The molecule has 0 saturated heterocycles. The molecule has 0 aliphatic carbocycles. The fourth-order valence-electron chi connectivity index (χ4n) is 3.69. The Balaban J connectivity index is 1.68. The molecule has 3 aromatic rings. The standard InChI is InChI=1S/C26H29N3O5/c1-17-23(15-16-24(30)33-5)18(2)29(27-17)22-13-11-20(12-14-22)26(32)34-19(3)25(31)28(4)21-9-7-6-8-10-21/h6-14,19H,15-16H2,1-5H3. The summed E-state index contributed by atoms with van der Waals surface area (Å²) in [4.78, 5) is 38.2. The van der Waals surface area contributed by atoms with Gasteiger partial charge in [0, 0.05) is 24.8 Å². The monoisotopic (exact) mass is 463 g/mol. The Morgan fingerprint density at radius 2 is 1.68 bits per heavy atom. The van der Waals surface area contributed by atoms with Gasteiger partial charge in [0.15, 0.2) is 6.10 Å². The lowest BCUT2D eigenvalue weighted by Crippen LogP contribution is -2.37. The molecule has 0 aliphatic rings. The van der Waals surface area contributed by atoms with Crippen LogP contribution in [0.4, 0.5) is 5.69 Å². The van der Waals surface area contributed by atoms with Crippen molar-refractivity contribution in [2.24, 2.45) is 0 Å². The van der Waals surface area contributed by atoms with E-state index in [1.165, 1.54) is 12.0 Å². The Hall–Kier alpha value is -3.94. The van der Waals surface area contributed by atoms with Crippen LogP contribution in [0.5, 0.6) is 0 Å². The van der Waals surface area contributed by atoms with Gasteiger partial charge in [0.2, 0.25) is 0 Å². The van der Waals surface area contributed by atoms with E-state index in [2.05, 4.69) is 5.10 Å². The molecular weight excluding hydrogens is 434 g/mol. The van der Waals surface area contributed by atoms with Gasteiger partial charge in [-0.15, -0.1) is 0 Å². The normalized spacial score (nSPS) is 11.6. The number of esters is 2. The van der Waals surface area contributed by atoms with Crippen molar-refractivity contribution in [1.29, 1.82) is 0 Å². The molecule has 1 aromatic heterocycles. The molecule has 3 rings (SSSR count). The van der Waals surface area contributed by atoms with E-state index in [1.54, 1.807) is 42.9 Å². The van der Waals surface area contributed by atoms with Crippen LogP contribution in [0.2, 0.25) is 0 Å². The molecule has 0 spiro atoms. The maximum atomic E-state index is 12.6. The van der Waals surface area contributed by atoms with E-state index < -0.39 is 12.1 Å². The van der Waals surface area contributed by atoms with Gasteiger partial charge in [-0.25, -0.2) is 9.48 Å². The molecule has 8 heteroatoms. The van der Waals surface area contributed by atoms with E-state index in [-0.39, 0.29) is 18.3 Å². The molecule has 0 N–H and O–H groups in total. The van der Waals surface area contributed by atoms with E-state index >= 15 is 0 Å². The minimum absolute atomic E-state index is 0.267. The van der Waals surface area contributed by atoms with Gasteiger partial charge in [-0.3, -0.25) is 9.59 Å². The van der Waals surface area contributed by atoms with E-state index in [1.807, 2.05) is 44.2 Å². The number of amides is 1. The zero-order valence-corrected chi connectivity index (χ0v) is 20.1. The number of carbonyl (C=O) groups excluding carboxylic acids is 3. The Morgan fingerprint density at radius 1 is 1.03 bits per heavy atom. The van der Waals surface area contributed by atoms with Crippen LogP contribution >= 0.6 is 0 Å². The maximum absolute atomic E-state index is 12.6. The molecule has 0 aliphatic heterocycles. The highest BCUT2D eigenvalue weighted by atomic mass is 16.5. The average molecular weight is 464 g/mol. The van der Waals surface area contributed by atoms with E-state index in [0.717, 1.165) is 28.3 Å². The second-order valence-corrected chi connectivity index (χ2v) is 7.96. The molecule has 0 bridgehead atoms. The van der Waals surface area contributed by atoms with Gasteiger partial charge in [0.25, 0.3) is 5.91 Å². The molecular formula is C26H29N3O5. The summed E-state index contributed by atoms with van der Waals surface area (Å²) in [7, 11) is 3.01. The lowest BCUT2D eigenvalue weighted by Gasteiger charge is -2.21. The minimum atomic E-state index is -0.939. The van der Waals surface area contributed by atoms with Crippen molar-refractivity contribution in [1.82, 2.24) is 9.78 Å². The van der Waals surface area contributed by atoms with Crippen molar-refractivity contribution in [3.63, 3.8) is 0 Å². The first-order valence-electron chi connectivity index (χ1n) is 11.0. The second-order valence-electron chi connectivity index (χ2n) is 7.96. The number of aromatic nitrogens is 2. The summed E-state index contributed by atoms with van der Waals surface area (Å²) in [5.74, 6) is -1.17. The van der Waals surface area contributed by atoms with Crippen LogP contribution in [0.15, 0.2) is 54.6 Å². The fraction of sp³-hybridized carbons (Fsp3) is 0.308. The predicted molar refractivity (Wildman–Crippen MR) is 128 cm³/mol. The average Bonchev–Trinajstić information content (AvgIpc) is 3.14. The summed E-state index contributed by atoms with van der Waals surface area (Å²) in [5, 5.41) is 4.58. The Labute approximate surface area is 199 Å². The van der Waals surface area contributed by atoms with E-state index in [9.17, 15) is 14.4 Å². The first-order chi connectivity index (χ1) is 16.2. The minimum Gasteiger partial charge on any atom is -0.469 e. The lowest BCUT2D eigenvalue weighted by molar-refractivity contribution is -0.140. The summed E-state index contributed by atoms with van der Waals surface area (Å²) >= 11 is 0. The summed E-state index contributed by atoms with van der Waals surface area (Å²) in [6, 6.07) is 16.0. The van der Waals surface area contributed by atoms with Crippen LogP contribution in [0.3, 0.4) is 0 Å².